The molecule has 0 radical (unpaired) electrons. The highest BCUT2D eigenvalue weighted by atomic mass is 16.5. The van der Waals surface area contributed by atoms with E-state index in [9.17, 15) is 0 Å². The highest BCUT2D eigenvalue weighted by molar-refractivity contribution is 5.33. The first kappa shape index (κ1) is 14.4. The second kappa shape index (κ2) is 6.46. The van der Waals surface area contributed by atoms with Crippen LogP contribution < -0.4 is 5.32 Å². The van der Waals surface area contributed by atoms with Crippen LogP contribution >= 0.6 is 0 Å². The number of benzene rings is 1. The third-order valence-electron chi connectivity index (χ3n) is 4.29. The molecule has 1 fully saturated rings. The van der Waals surface area contributed by atoms with Gasteiger partial charge in [0, 0.05) is 12.0 Å². The van der Waals surface area contributed by atoms with Crippen molar-refractivity contribution < 1.29 is 9.15 Å². The van der Waals surface area contributed by atoms with Crippen LogP contribution in [-0.2, 0) is 16.7 Å². The fourth-order valence-electron chi connectivity index (χ4n) is 2.74. The van der Waals surface area contributed by atoms with Gasteiger partial charge in [-0.05, 0) is 37.1 Å². The van der Waals surface area contributed by atoms with Gasteiger partial charge in [0.05, 0.1) is 18.9 Å². The molecule has 0 bridgehead atoms. The topological polar surface area (TPSA) is 34.4 Å². The number of furan rings is 1. The molecule has 3 nitrogen and oxygen atoms in total. The Hall–Kier alpha value is -1.58. The molecule has 1 aromatic heterocycles. The van der Waals surface area contributed by atoms with Crippen molar-refractivity contribution in [2.45, 2.75) is 37.8 Å². The number of hydrogen-bond donors (Lipinski definition) is 1. The molecule has 0 aliphatic heterocycles. The Balaban J connectivity index is 1.31. The van der Waals surface area contributed by atoms with Crippen molar-refractivity contribution >= 4 is 0 Å². The highest BCUT2D eigenvalue weighted by Crippen LogP contribution is 2.49. The molecule has 2 aromatic rings. The summed E-state index contributed by atoms with van der Waals surface area (Å²) in [5, 5.41) is 3.36. The molecule has 112 valence electrons. The average Bonchev–Trinajstić information content (AvgIpc) is 2.94. The Bertz CT molecular complexity index is 538. The van der Waals surface area contributed by atoms with Gasteiger partial charge in [0.15, 0.2) is 0 Å². The van der Waals surface area contributed by atoms with Crippen LogP contribution in [0, 0.1) is 0 Å². The average molecular weight is 285 g/mol. The van der Waals surface area contributed by atoms with Crippen LogP contribution in [0.5, 0.6) is 0 Å². The van der Waals surface area contributed by atoms with Crippen LogP contribution in [0.25, 0.3) is 0 Å². The molecule has 0 saturated heterocycles. The van der Waals surface area contributed by atoms with E-state index >= 15 is 0 Å². The lowest BCUT2D eigenvalue weighted by Gasteiger charge is -2.12. The van der Waals surface area contributed by atoms with Gasteiger partial charge in [-0.15, -0.1) is 0 Å². The zero-order valence-electron chi connectivity index (χ0n) is 12.5. The summed E-state index contributed by atoms with van der Waals surface area (Å²) >= 11 is 0. The van der Waals surface area contributed by atoms with Crippen molar-refractivity contribution in [3.8, 4) is 0 Å². The van der Waals surface area contributed by atoms with Crippen molar-refractivity contribution in [2.24, 2.45) is 0 Å². The Kier molecular flexibility index (Phi) is 4.42. The van der Waals surface area contributed by atoms with E-state index in [1.165, 1.54) is 5.56 Å². The Morgan fingerprint density at radius 1 is 1.24 bits per heavy atom. The first-order valence-corrected chi connectivity index (χ1v) is 7.69. The van der Waals surface area contributed by atoms with Gasteiger partial charge in [0.2, 0.25) is 0 Å². The van der Waals surface area contributed by atoms with Crippen LogP contribution in [0.4, 0.5) is 0 Å². The second-order valence-corrected chi connectivity index (χ2v) is 5.96. The lowest BCUT2D eigenvalue weighted by Crippen LogP contribution is -2.17. The molecule has 0 spiro atoms. The third-order valence-corrected chi connectivity index (χ3v) is 4.29. The molecule has 1 aliphatic carbocycles. The van der Waals surface area contributed by atoms with Crippen LogP contribution in [0.1, 0.15) is 31.1 Å². The van der Waals surface area contributed by atoms with Gasteiger partial charge in [-0.2, -0.15) is 0 Å². The molecule has 0 amide bonds. The van der Waals surface area contributed by atoms with E-state index in [1.807, 2.05) is 12.1 Å². The molecular weight excluding hydrogens is 262 g/mol. The minimum Gasteiger partial charge on any atom is -0.468 e. The lowest BCUT2D eigenvalue weighted by molar-refractivity contribution is 0.103. The van der Waals surface area contributed by atoms with Gasteiger partial charge in [-0.1, -0.05) is 37.3 Å². The molecule has 3 rings (SSSR count). The first-order chi connectivity index (χ1) is 10.3. The molecular formula is C18H23NO2. The normalized spacial score (nSPS) is 24.1. The van der Waals surface area contributed by atoms with Crippen molar-refractivity contribution in [3.63, 3.8) is 0 Å². The summed E-state index contributed by atoms with van der Waals surface area (Å²) in [4.78, 5) is 0. The second-order valence-electron chi connectivity index (χ2n) is 5.96. The van der Waals surface area contributed by atoms with Gasteiger partial charge < -0.3 is 14.5 Å². The summed E-state index contributed by atoms with van der Waals surface area (Å²) < 4.78 is 11.3. The zero-order chi connectivity index (χ0) is 14.5. The summed E-state index contributed by atoms with van der Waals surface area (Å²) in [6.45, 7) is 4.86. The largest absolute Gasteiger partial charge is 0.468 e. The molecule has 1 aromatic carbocycles. The van der Waals surface area contributed by atoms with E-state index in [-0.39, 0.29) is 5.41 Å². The Labute approximate surface area is 126 Å². The van der Waals surface area contributed by atoms with Crippen LogP contribution in [0.3, 0.4) is 0 Å². The molecule has 3 heteroatoms. The monoisotopic (exact) mass is 285 g/mol. The van der Waals surface area contributed by atoms with E-state index < -0.39 is 0 Å². The highest BCUT2D eigenvalue weighted by Gasteiger charge is 2.52. The van der Waals surface area contributed by atoms with E-state index in [0.717, 1.165) is 38.3 Å². The number of nitrogens with one attached hydrogen (secondary N) is 1. The van der Waals surface area contributed by atoms with Crippen molar-refractivity contribution in [1.29, 1.82) is 0 Å². The Morgan fingerprint density at radius 2 is 2.10 bits per heavy atom. The van der Waals surface area contributed by atoms with Crippen LogP contribution in [-0.4, -0.2) is 19.3 Å². The maximum absolute atomic E-state index is 6.00. The molecule has 21 heavy (non-hydrogen) atoms. The standard InChI is InChI=1S/C18H23NO2/c1-18(15-7-3-2-4-8-15)13-17(18)21-12-6-10-19-14-16-9-5-11-20-16/h2-5,7-9,11,17,19H,6,10,12-14H2,1H3/t17-,18+/m0/s1. The molecule has 2 atom stereocenters. The van der Waals surface area contributed by atoms with Crippen molar-refractivity contribution in [1.82, 2.24) is 5.32 Å². The van der Waals surface area contributed by atoms with Gasteiger partial charge in [0.25, 0.3) is 0 Å². The number of hydrogen-bond acceptors (Lipinski definition) is 3. The zero-order valence-corrected chi connectivity index (χ0v) is 12.5. The molecule has 1 aliphatic rings. The number of rotatable bonds is 8. The van der Waals surface area contributed by atoms with E-state index in [4.69, 9.17) is 9.15 Å². The molecule has 0 unspecified atom stereocenters. The van der Waals surface area contributed by atoms with E-state index in [2.05, 4.69) is 42.6 Å². The predicted octanol–water partition coefficient (Wildman–Crippen LogP) is 3.51. The minimum atomic E-state index is 0.225. The van der Waals surface area contributed by atoms with Crippen LogP contribution in [0.2, 0.25) is 0 Å². The van der Waals surface area contributed by atoms with Gasteiger partial charge >= 0.3 is 0 Å². The fraction of sp³-hybridized carbons (Fsp3) is 0.444. The van der Waals surface area contributed by atoms with E-state index in [1.54, 1.807) is 6.26 Å². The SMILES string of the molecule is C[C@]1(c2ccccc2)C[C@@H]1OCCCNCc1ccco1. The fourth-order valence-corrected chi connectivity index (χ4v) is 2.74. The third kappa shape index (κ3) is 3.55. The predicted molar refractivity (Wildman–Crippen MR) is 83.2 cm³/mol. The molecule has 1 N–H and O–H groups in total. The smallest absolute Gasteiger partial charge is 0.117 e. The quantitative estimate of drug-likeness (QED) is 0.754. The van der Waals surface area contributed by atoms with E-state index in [0.29, 0.717) is 6.10 Å². The summed E-state index contributed by atoms with van der Waals surface area (Å²) in [5.74, 6) is 0.981. The molecule has 1 saturated carbocycles. The molecule has 1 heterocycles. The maximum Gasteiger partial charge on any atom is 0.117 e. The first-order valence-electron chi connectivity index (χ1n) is 7.69. The Morgan fingerprint density at radius 3 is 2.86 bits per heavy atom. The maximum atomic E-state index is 6.00. The van der Waals surface area contributed by atoms with Gasteiger partial charge in [-0.3, -0.25) is 0 Å². The van der Waals surface area contributed by atoms with Crippen molar-refractivity contribution in [2.75, 3.05) is 13.2 Å². The number of ether oxygens (including phenoxy) is 1. The van der Waals surface area contributed by atoms with Gasteiger partial charge in [0.1, 0.15) is 5.76 Å². The lowest BCUT2D eigenvalue weighted by atomic mass is 9.98. The van der Waals surface area contributed by atoms with Crippen LogP contribution in [0.15, 0.2) is 53.1 Å². The summed E-state index contributed by atoms with van der Waals surface area (Å²) in [6.07, 6.45) is 4.25. The summed E-state index contributed by atoms with van der Waals surface area (Å²) in [7, 11) is 0. The summed E-state index contributed by atoms with van der Waals surface area (Å²) in [5.41, 5.74) is 1.62. The summed E-state index contributed by atoms with van der Waals surface area (Å²) in [6, 6.07) is 14.6. The van der Waals surface area contributed by atoms with Gasteiger partial charge in [-0.25, -0.2) is 0 Å². The van der Waals surface area contributed by atoms with Crippen molar-refractivity contribution in [3.05, 3.63) is 60.1 Å². The minimum absolute atomic E-state index is 0.225.